The minimum Gasteiger partial charge on any atom is -0.490 e. The van der Waals surface area contributed by atoms with Crippen molar-refractivity contribution in [2.45, 2.75) is 184 Å². The number of rotatable bonds is 37. The SMILES string of the molecule is COC1=CC[C@@H]([C@@H](C)/C=C(C)/C=C\C=C/C(=O)N[C@H](C(=O)C/C=C\C[C@H](C/C=C(\C)Cl)OC(=O)NCCSSCCCNC(=O)O[C@H](C/C=C\CC(=O)[C@@H](NC(=O)\C=C/C=C\C(C)=C\[C@H](C)[C@@H]2CC=C(C)C(=O)O2)C(C)(C)C)C/C=C(\C)Cl)C(C)(C)C)OC1=O. The zero-order valence-electron chi connectivity index (χ0n) is 55.1. The van der Waals surface area contributed by atoms with Crippen molar-refractivity contribution in [3.05, 3.63) is 142 Å². The molecule has 0 aromatic carbocycles. The first kappa shape index (κ1) is 79.8. The average Bonchev–Trinajstić information content (AvgIpc) is 1.54. The molecule has 0 spiro atoms. The second kappa shape index (κ2) is 42.7. The highest BCUT2D eigenvalue weighted by atomic mass is 35.5. The summed E-state index contributed by atoms with van der Waals surface area (Å²) in [6, 6.07) is -1.53. The van der Waals surface area contributed by atoms with Gasteiger partial charge in [-0.15, -0.1) is 0 Å². The van der Waals surface area contributed by atoms with Gasteiger partial charge in [0, 0.05) is 116 Å². The van der Waals surface area contributed by atoms with Crippen LogP contribution in [0.3, 0.4) is 0 Å². The van der Waals surface area contributed by atoms with E-state index < -0.39 is 65.1 Å². The molecule has 90 heavy (non-hydrogen) atoms. The summed E-state index contributed by atoms with van der Waals surface area (Å²) in [6.07, 6.45) is 31.9. The third kappa shape index (κ3) is 34.8. The second-order valence-corrected chi connectivity index (χ2v) is 28.2. The molecule has 2 aliphatic rings. The number of alkyl carbamates (subject to hydrolysis) is 2. The fourth-order valence-electron chi connectivity index (χ4n) is 8.94. The van der Waals surface area contributed by atoms with Gasteiger partial charge in [0.25, 0.3) is 0 Å². The van der Waals surface area contributed by atoms with Crippen LogP contribution in [0.2, 0.25) is 0 Å². The molecule has 0 aromatic rings. The normalized spacial score (nSPS) is 18.6. The number of halogens is 2. The molecule has 2 heterocycles. The van der Waals surface area contributed by atoms with Crippen LogP contribution < -0.4 is 21.3 Å². The largest absolute Gasteiger partial charge is 0.490 e. The van der Waals surface area contributed by atoms with Crippen LogP contribution in [-0.4, -0.2) is 116 Å². The van der Waals surface area contributed by atoms with E-state index in [1.807, 2.05) is 99.6 Å². The molecular formula is C69H98Cl2N4O13S2. The van der Waals surface area contributed by atoms with E-state index in [1.54, 1.807) is 109 Å². The van der Waals surface area contributed by atoms with Crippen molar-refractivity contribution >= 4 is 92.3 Å². The number of ketones is 2. The molecule has 4 amide bonds. The quantitative estimate of drug-likeness (QED) is 0.00862. The van der Waals surface area contributed by atoms with E-state index in [9.17, 15) is 38.4 Å². The van der Waals surface area contributed by atoms with Crippen LogP contribution in [0.5, 0.6) is 0 Å². The fraction of sp³-hybridized carbons (Fsp3) is 0.536. The lowest BCUT2D eigenvalue weighted by Gasteiger charge is -2.29. The van der Waals surface area contributed by atoms with Crippen LogP contribution in [-0.2, 0) is 52.5 Å². The van der Waals surface area contributed by atoms with E-state index in [0.717, 1.165) is 16.9 Å². The van der Waals surface area contributed by atoms with E-state index in [2.05, 4.69) is 21.3 Å². The minimum atomic E-state index is -0.771. The minimum absolute atomic E-state index is 0.00762. The number of ether oxygens (including phenoxy) is 5. The van der Waals surface area contributed by atoms with Gasteiger partial charge in [0.15, 0.2) is 17.3 Å². The zero-order chi connectivity index (χ0) is 67.4. The van der Waals surface area contributed by atoms with Crippen LogP contribution in [0, 0.1) is 22.7 Å². The number of carbonyl (C=O) groups excluding carboxylic acids is 8. The van der Waals surface area contributed by atoms with Crippen LogP contribution in [0.25, 0.3) is 0 Å². The second-order valence-electron chi connectivity index (χ2n) is 24.3. The third-order valence-corrected chi connectivity index (χ3v) is 16.7. The maximum absolute atomic E-state index is 13.5. The first-order valence-electron chi connectivity index (χ1n) is 30.5. The lowest BCUT2D eigenvalue weighted by Crippen LogP contribution is -2.48. The Labute approximate surface area is 553 Å². The number of nitrogens with one attached hydrogen (secondary N) is 4. The Morgan fingerprint density at radius 2 is 1.03 bits per heavy atom. The van der Waals surface area contributed by atoms with Gasteiger partial charge in [-0.3, -0.25) is 19.2 Å². The van der Waals surface area contributed by atoms with Gasteiger partial charge in [-0.25, -0.2) is 19.2 Å². The van der Waals surface area contributed by atoms with Crippen molar-refractivity contribution in [2.24, 2.45) is 22.7 Å². The Morgan fingerprint density at radius 3 is 1.46 bits per heavy atom. The summed E-state index contributed by atoms with van der Waals surface area (Å²) in [7, 11) is 4.60. The molecule has 0 unspecified atom stereocenters. The Balaban J connectivity index is 1.77. The smallest absolute Gasteiger partial charge is 0.407 e. The van der Waals surface area contributed by atoms with Gasteiger partial charge in [0.1, 0.15) is 24.4 Å². The molecule has 0 aliphatic carbocycles. The van der Waals surface area contributed by atoms with E-state index in [4.69, 9.17) is 46.9 Å². The maximum atomic E-state index is 13.5. The zero-order valence-corrected chi connectivity index (χ0v) is 58.2. The van der Waals surface area contributed by atoms with Crippen molar-refractivity contribution in [3.63, 3.8) is 0 Å². The van der Waals surface area contributed by atoms with Gasteiger partial charge >= 0.3 is 24.1 Å². The molecule has 0 saturated carbocycles. The van der Waals surface area contributed by atoms with Gasteiger partial charge in [0.2, 0.25) is 11.8 Å². The number of cyclic esters (lactones) is 2. The molecule has 0 saturated heterocycles. The summed E-state index contributed by atoms with van der Waals surface area (Å²) in [6.45, 7) is 25.0. The molecule has 0 aromatic heterocycles. The summed E-state index contributed by atoms with van der Waals surface area (Å²) < 4.78 is 27.5. The summed E-state index contributed by atoms with van der Waals surface area (Å²) in [5, 5.41) is 12.4. The molecule has 4 N–H and O–H groups in total. The number of methoxy groups -OCH3 is 1. The number of allylic oxidation sites excluding steroid dienone is 12. The highest BCUT2D eigenvalue weighted by Crippen LogP contribution is 2.27. The molecule has 498 valence electrons. The topological polar surface area (TPSA) is 231 Å². The monoisotopic (exact) mass is 1320 g/mol. The Hall–Kier alpha value is -6.28. The molecule has 17 nitrogen and oxygen atoms in total. The lowest BCUT2D eigenvalue weighted by atomic mass is 9.83. The summed E-state index contributed by atoms with van der Waals surface area (Å²) in [5.74, 6) is -0.457. The molecule has 0 radical (unpaired) electrons. The predicted octanol–water partition coefficient (Wildman–Crippen LogP) is 14.4. The van der Waals surface area contributed by atoms with Gasteiger partial charge in [0.05, 0.1) is 19.2 Å². The molecule has 21 heteroatoms. The lowest BCUT2D eigenvalue weighted by molar-refractivity contribution is -0.151. The third-order valence-electron chi connectivity index (χ3n) is 13.9. The van der Waals surface area contributed by atoms with E-state index in [-0.39, 0.29) is 60.2 Å². The Morgan fingerprint density at radius 1 is 0.611 bits per heavy atom. The number of carbonyl (C=O) groups is 8. The Bertz CT molecular complexity index is 2790. The molecule has 2 aliphatic heterocycles. The standard InChI is InChI=1S/C69H98Cl2N4O13S2/c1-46(44-49(4)57-37-32-48(3)64(80)87-57)24-15-21-30-60(78)74-62(68(8,9)10)55(76)28-19-17-26-53(35-33-51(6)70)85-66(82)72-40-23-42-89-90-43-41-73-67(83)86-54(36-34-52(7)71)27-18-20-29-56(77)63(69(11,12)13)75-61(79)31-22-16-25-47(2)45-50(5)58-38-39-59(84-14)65(81)88-58/h15-22,24-25,30-34,39,44-45,49-50,53-54,57-58,62-63H,23,26-29,35-38,40-43H2,1-14H3,(H,72,82)(H,73,83)(H,74,78)(H,75,79)/b19-17-,20-18-,24-15-,25-16-,30-21-,31-22-,46-44+,47-45+,51-33+,52-34+/t49-,50-,53+,54+,57-,58-,62+,63+/m0/s1. The van der Waals surface area contributed by atoms with Crippen LogP contribution in [0.4, 0.5) is 9.59 Å². The van der Waals surface area contributed by atoms with Crippen LogP contribution in [0.1, 0.15) is 148 Å². The van der Waals surface area contributed by atoms with Crippen LogP contribution in [0.15, 0.2) is 142 Å². The molecule has 0 fully saturated rings. The highest BCUT2D eigenvalue weighted by Gasteiger charge is 2.33. The maximum Gasteiger partial charge on any atom is 0.407 e. The molecule has 2 rings (SSSR count). The molecule has 8 atom stereocenters. The van der Waals surface area contributed by atoms with Crippen LogP contribution >= 0.6 is 44.8 Å². The number of Topliss-reactive ketones (excluding diaryl/α,β-unsaturated/α-hetero) is 2. The first-order valence-corrected chi connectivity index (χ1v) is 33.8. The summed E-state index contributed by atoms with van der Waals surface area (Å²) in [4.78, 5) is 102. The summed E-state index contributed by atoms with van der Waals surface area (Å²) in [5.41, 5.74) is 1.34. The van der Waals surface area contributed by atoms with Crippen molar-refractivity contribution < 1.29 is 62.0 Å². The average molecular weight is 1330 g/mol. The van der Waals surface area contributed by atoms with E-state index in [1.165, 1.54) is 19.3 Å². The van der Waals surface area contributed by atoms with Gasteiger partial charge in [-0.05, 0) is 57.9 Å². The molecular weight excluding hydrogens is 1230 g/mol. The number of hydrogen-bond donors (Lipinski definition) is 4. The van der Waals surface area contributed by atoms with E-state index in [0.29, 0.717) is 79.4 Å². The van der Waals surface area contributed by atoms with Crippen molar-refractivity contribution in [1.29, 1.82) is 0 Å². The molecule has 0 bridgehead atoms. The van der Waals surface area contributed by atoms with Gasteiger partial charge in [-0.2, -0.15) is 0 Å². The van der Waals surface area contributed by atoms with Gasteiger partial charge < -0.3 is 45.0 Å². The van der Waals surface area contributed by atoms with Crippen molar-refractivity contribution in [3.8, 4) is 0 Å². The predicted molar refractivity (Wildman–Crippen MR) is 364 cm³/mol. The van der Waals surface area contributed by atoms with Gasteiger partial charge in [-0.1, -0.05) is 202 Å². The first-order chi connectivity index (χ1) is 42.4. The summed E-state index contributed by atoms with van der Waals surface area (Å²) >= 11 is 12.2. The number of hydrogen-bond acceptors (Lipinski definition) is 15. The van der Waals surface area contributed by atoms with Crippen molar-refractivity contribution in [2.75, 3.05) is 31.7 Å². The van der Waals surface area contributed by atoms with Crippen molar-refractivity contribution in [1.82, 2.24) is 21.3 Å². The Kier molecular flexibility index (Phi) is 37.9. The fourth-order valence-corrected chi connectivity index (χ4v) is 11.1. The number of esters is 2. The highest BCUT2D eigenvalue weighted by molar-refractivity contribution is 8.76. The van der Waals surface area contributed by atoms with E-state index >= 15 is 0 Å². The number of amides is 4.